The molecular formula is C19H24N4O2. The Bertz CT molecular complexity index is 826. The smallest absolute Gasteiger partial charge is 0.269 e. The number of fused-ring (bicyclic) bond motifs is 1. The first-order valence-corrected chi connectivity index (χ1v) is 8.86. The van der Waals surface area contributed by atoms with E-state index in [1.54, 1.807) is 6.20 Å². The van der Waals surface area contributed by atoms with Crippen molar-refractivity contribution in [2.45, 2.75) is 39.0 Å². The Morgan fingerprint density at radius 2 is 2.28 bits per heavy atom. The lowest BCUT2D eigenvalue weighted by Gasteiger charge is -2.25. The first kappa shape index (κ1) is 16.1. The molecule has 2 aromatic rings. The predicted octanol–water partition coefficient (Wildman–Crippen LogP) is 2.21. The van der Waals surface area contributed by atoms with Crippen LogP contribution in [0.5, 0.6) is 0 Å². The Kier molecular flexibility index (Phi) is 4.21. The quantitative estimate of drug-likeness (QED) is 0.925. The highest BCUT2D eigenvalue weighted by molar-refractivity contribution is 5.63. The molecule has 0 unspecified atom stereocenters. The predicted molar refractivity (Wildman–Crippen MR) is 98.2 cm³/mol. The summed E-state index contributed by atoms with van der Waals surface area (Å²) in [5.74, 6) is 0. The second kappa shape index (κ2) is 6.52. The minimum absolute atomic E-state index is 0.121. The molecule has 1 aromatic carbocycles. The molecule has 1 saturated heterocycles. The van der Waals surface area contributed by atoms with Crippen molar-refractivity contribution in [3.8, 4) is 0 Å². The third-order valence-electron chi connectivity index (χ3n) is 5.29. The number of aromatic nitrogens is 2. The van der Waals surface area contributed by atoms with Crippen molar-refractivity contribution in [1.29, 1.82) is 0 Å². The van der Waals surface area contributed by atoms with Gasteiger partial charge in [-0.1, -0.05) is 12.1 Å². The Morgan fingerprint density at radius 1 is 1.40 bits per heavy atom. The Labute approximate surface area is 147 Å². The van der Waals surface area contributed by atoms with Gasteiger partial charge in [-0.05, 0) is 37.0 Å². The topological polar surface area (TPSA) is 61.5 Å². The van der Waals surface area contributed by atoms with Crippen LogP contribution >= 0.6 is 0 Å². The number of nitrogens with one attached hydrogen (secondary N) is 1. The first-order chi connectivity index (χ1) is 12.1. The number of H-pyrrole nitrogens is 1. The molecular weight excluding hydrogens is 316 g/mol. The van der Waals surface area contributed by atoms with E-state index < -0.39 is 0 Å². The Balaban J connectivity index is 1.59. The van der Waals surface area contributed by atoms with Crippen LogP contribution in [0.3, 0.4) is 0 Å². The summed E-state index contributed by atoms with van der Waals surface area (Å²) in [7, 11) is 2.14. The van der Waals surface area contributed by atoms with Gasteiger partial charge in [-0.15, -0.1) is 0 Å². The molecule has 1 fully saturated rings. The highest BCUT2D eigenvalue weighted by Gasteiger charge is 2.26. The maximum atomic E-state index is 11.9. The molecule has 1 atom stereocenters. The normalized spacial score (nSPS) is 19.3. The maximum absolute atomic E-state index is 11.9. The van der Waals surface area contributed by atoms with Gasteiger partial charge in [0.25, 0.3) is 5.56 Å². The van der Waals surface area contributed by atoms with Crippen molar-refractivity contribution < 1.29 is 4.74 Å². The average molecular weight is 340 g/mol. The fraction of sp³-hybridized carbons (Fsp3) is 0.474. The van der Waals surface area contributed by atoms with E-state index in [0.29, 0.717) is 6.10 Å². The second-order valence-corrected chi connectivity index (χ2v) is 7.00. The molecule has 25 heavy (non-hydrogen) atoms. The van der Waals surface area contributed by atoms with Crippen molar-refractivity contribution in [3.05, 3.63) is 51.4 Å². The van der Waals surface area contributed by atoms with Crippen LogP contribution in [0.1, 0.15) is 29.5 Å². The fourth-order valence-corrected chi connectivity index (χ4v) is 3.89. The minimum atomic E-state index is -0.121. The molecule has 2 aliphatic heterocycles. The summed E-state index contributed by atoms with van der Waals surface area (Å²) in [6.07, 6.45) is 4.38. The molecule has 6 heteroatoms. The number of hydrogen-bond acceptors (Lipinski definition) is 5. The largest absolute Gasteiger partial charge is 0.376 e. The second-order valence-electron chi connectivity index (χ2n) is 7.00. The number of nitrogens with zero attached hydrogens (tertiary/aromatic N) is 3. The van der Waals surface area contributed by atoms with Crippen molar-refractivity contribution in [2.75, 3.05) is 30.0 Å². The minimum Gasteiger partial charge on any atom is -0.376 e. The summed E-state index contributed by atoms with van der Waals surface area (Å²) in [6.45, 7) is 5.26. The van der Waals surface area contributed by atoms with E-state index in [0.717, 1.165) is 50.3 Å². The van der Waals surface area contributed by atoms with Gasteiger partial charge in [-0.2, -0.15) is 5.10 Å². The van der Waals surface area contributed by atoms with E-state index in [-0.39, 0.29) is 5.56 Å². The highest BCUT2D eigenvalue weighted by atomic mass is 16.5. The zero-order valence-electron chi connectivity index (χ0n) is 14.8. The van der Waals surface area contributed by atoms with Gasteiger partial charge in [0.15, 0.2) is 0 Å². The summed E-state index contributed by atoms with van der Waals surface area (Å²) < 4.78 is 5.79. The van der Waals surface area contributed by atoms with Crippen LogP contribution in [0, 0.1) is 6.92 Å². The lowest BCUT2D eigenvalue weighted by Crippen LogP contribution is -2.29. The van der Waals surface area contributed by atoms with E-state index in [4.69, 9.17) is 4.74 Å². The van der Waals surface area contributed by atoms with Crippen LogP contribution in [0.15, 0.2) is 29.2 Å². The molecule has 1 aromatic heterocycles. The van der Waals surface area contributed by atoms with Gasteiger partial charge in [-0.25, -0.2) is 5.10 Å². The van der Waals surface area contributed by atoms with Crippen LogP contribution < -0.4 is 15.4 Å². The molecule has 132 valence electrons. The first-order valence-electron chi connectivity index (χ1n) is 8.86. The van der Waals surface area contributed by atoms with Gasteiger partial charge in [0, 0.05) is 44.5 Å². The molecule has 6 nitrogen and oxygen atoms in total. The van der Waals surface area contributed by atoms with Gasteiger partial charge >= 0.3 is 0 Å². The summed E-state index contributed by atoms with van der Waals surface area (Å²) in [6, 6.07) is 6.47. The standard InChI is InChI=1S/C19H24N4O2/c1-13-18(9-20-21-19(13)24)23-10-14-5-3-7-17(16(14)12-23)22(2)11-15-6-4-8-25-15/h3,5,7,9,15H,4,6,8,10-12H2,1-2H3,(H,21,24)/t15-/m0/s1. The van der Waals surface area contributed by atoms with Crippen molar-refractivity contribution in [1.82, 2.24) is 10.2 Å². The van der Waals surface area contributed by atoms with E-state index >= 15 is 0 Å². The third-order valence-corrected chi connectivity index (χ3v) is 5.29. The summed E-state index contributed by atoms with van der Waals surface area (Å²) in [4.78, 5) is 16.4. The summed E-state index contributed by atoms with van der Waals surface area (Å²) >= 11 is 0. The number of hydrogen-bond donors (Lipinski definition) is 1. The van der Waals surface area contributed by atoms with Crippen molar-refractivity contribution >= 4 is 11.4 Å². The van der Waals surface area contributed by atoms with Gasteiger partial charge in [0.05, 0.1) is 18.0 Å². The number of anilines is 2. The molecule has 0 aliphatic carbocycles. The molecule has 0 saturated carbocycles. The Hall–Kier alpha value is -2.34. The van der Waals surface area contributed by atoms with Crippen LogP contribution in [0.4, 0.5) is 11.4 Å². The molecule has 0 spiro atoms. The molecule has 0 bridgehead atoms. The fourth-order valence-electron chi connectivity index (χ4n) is 3.89. The number of rotatable bonds is 4. The number of likely N-dealkylation sites (N-methyl/N-ethyl adjacent to an activating group) is 1. The lowest BCUT2D eigenvalue weighted by atomic mass is 10.1. The molecule has 2 aliphatic rings. The van der Waals surface area contributed by atoms with Gasteiger partial charge < -0.3 is 14.5 Å². The van der Waals surface area contributed by atoms with Crippen molar-refractivity contribution in [2.24, 2.45) is 0 Å². The number of benzene rings is 1. The molecule has 3 heterocycles. The number of aromatic amines is 1. The van der Waals surface area contributed by atoms with E-state index in [9.17, 15) is 4.79 Å². The van der Waals surface area contributed by atoms with Crippen LogP contribution in [0.25, 0.3) is 0 Å². The van der Waals surface area contributed by atoms with Gasteiger partial charge in [0.1, 0.15) is 0 Å². The van der Waals surface area contributed by atoms with Gasteiger partial charge in [0.2, 0.25) is 0 Å². The van der Waals surface area contributed by atoms with Crippen LogP contribution in [-0.2, 0) is 17.8 Å². The summed E-state index contributed by atoms with van der Waals surface area (Å²) in [5, 5.41) is 6.47. The third kappa shape index (κ3) is 3.02. The average Bonchev–Trinajstić information content (AvgIpc) is 3.26. The van der Waals surface area contributed by atoms with Crippen LogP contribution in [0.2, 0.25) is 0 Å². The molecule has 0 amide bonds. The molecule has 4 rings (SSSR count). The molecule has 1 N–H and O–H groups in total. The maximum Gasteiger partial charge on any atom is 0.269 e. The van der Waals surface area contributed by atoms with Gasteiger partial charge in [-0.3, -0.25) is 4.79 Å². The Morgan fingerprint density at radius 3 is 3.08 bits per heavy atom. The lowest BCUT2D eigenvalue weighted by molar-refractivity contribution is 0.116. The monoisotopic (exact) mass is 340 g/mol. The van der Waals surface area contributed by atoms with E-state index in [1.165, 1.54) is 16.8 Å². The summed E-state index contributed by atoms with van der Waals surface area (Å²) in [5.41, 5.74) is 5.42. The number of ether oxygens (including phenoxy) is 1. The van der Waals surface area contributed by atoms with E-state index in [1.807, 2.05) is 6.92 Å². The zero-order valence-corrected chi connectivity index (χ0v) is 14.8. The van der Waals surface area contributed by atoms with Crippen molar-refractivity contribution in [3.63, 3.8) is 0 Å². The van der Waals surface area contributed by atoms with E-state index in [2.05, 4.69) is 45.2 Å². The highest BCUT2D eigenvalue weighted by Crippen LogP contribution is 2.34. The van der Waals surface area contributed by atoms with Crippen LogP contribution in [-0.4, -0.2) is 36.5 Å². The zero-order chi connectivity index (χ0) is 17.4. The SMILES string of the molecule is Cc1c(N2Cc3cccc(N(C)C[C@@H]4CCCO4)c3C2)cn[nH]c1=O. The molecule has 0 radical (unpaired) electrons.